The molecule has 0 saturated carbocycles. The number of allylic oxidation sites excluding steroid dienone is 4. The van der Waals surface area contributed by atoms with Crippen molar-refractivity contribution in [2.45, 2.75) is 5.66 Å². The summed E-state index contributed by atoms with van der Waals surface area (Å²) in [5, 5.41) is 0. The zero-order chi connectivity index (χ0) is 15.0. The molecule has 4 aliphatic rings. The van der Waals surface area contributed by atoms with Crippen molar-refractivity contribution in [2.24, 2.45) is 11.8 Å². The average molecular weight is 296 g/mol. The Morgan fingerprint density at radius 3 is 1.26 bits per heavy atom. The van der Waals surface area contributed by atoms with Crippen LogP contribution in [0.25, 0.3) is 24.3 Å². The molecule has 2 heteroatoms. The minimum absolute atomic E-state index is 0.120. The van der Waals surface area contributed by atoms with Crippen LogP contribution in [0.4, 0.5) is 0 Å². The second-order valence-electron chi connectivity index (χ2n) is 6.69. The molecular formula is C21H16N2+2. The lowest BCUT2D eigenvalue weighted by Crippen LogP contribution is -2.84. The summed E-state index contributed by atoms with van der Waals surface area (Å²) < 4.78 is 5.09. The lowest BCUT2D eigenvalue weighted by molar-refractivity contribution is -1.01. The smallest absolute Gasteiger partial charge is 0.126 e. The van der Waals surface area contributed by atoms with Gasteiger partial charge < -0.3 is 0 Å². The van der Waals surface area contributed by atoms with Gasteiger partial charge in [0.2, 0.25) is 22.8 Å². The fourth-order valence-corrected chi connectivity index (χ4v) is 4.86. The van der Waals surface area contributed by atoms with E-state index >= 15 is 0 Å². The van der Waals surface area contributed by atoms with E-state index in [1.165, 1.54) is 22.8 Å². The van der Waals surface area contributed by atoms with E-state index < -0.39 is 0 Å². The van der Waals surface area contributed by atoms with E-state index in [0.29, 0.717) is 11.8 Å². The summed E-state index contributed by atoms with van der Waals surface area (Å²) in [4.78, 5) is 0. The van der Waals surface area contributed by atoms with Gasteiger partial charge in [0.05, 0.1) is 0 Å². The molecule has 0 N–H and O–H groups in total. The van der Waals surface area contributed by atoms with Crippen molar-refractivity contribution in [3.63, 3.8) is 0 Å². The molecule has 0 atom stereocenters. The molecule has 6 heterocycles. The van der Waals surface area contributed by atoms with E-state index in [2.05, 4.69) is 94.1 Å². The highest BCUT2D eigenvalue weighted by Crippen LogP contribution is 2.42. The Hall–Kier alpha value is -2.74. The molecule has 2 nitrogen and oxygen atoms in total. The van der Waals surface area contributed by atoms with Crippen LogP contribution >= 0.6 is 0 Å². The molecule has 0 saturated heterocycles. The van der Waals surface area contributed by atoms with Gasteiger partial charge in [-0.1, -0.05) is 24.3 Å². The molecule has 0 aromatic carbocycles. The number of rotatable bonds is 0. The predicted octanol–water partition coefficient (Wildman–Crippen LogP) is 2.80. The second kappa shape index (κ2) is 3.77. The molecule has 1 spiro atoms. The van der Waals surface area contributed by atoms with Gasteiger partial charge in [-0.25, -0.2) is 0 Å². The lowest BCUT2D eigenvalue weighted by Gasteiger charge is -2.40. The number of hydrogen-bond acceptors (Lipinski definition) is 0. The maximum absolute atomic E-state index is 2.54. The summed E-state index contributed by atoms with van der Waals surface area (Å²) in [7, 11) is 0. The Morgan fingerprint density at radius 2 is 0.913 bits per heavy atom. The molecule has 0 bridgehead atoms. The van der Waals surface area contributed by atoms with Gasteiger partial charge in [0.1, 0.15) is 11.8 Å². The standard InChI is InChI=1S/C21H16N2/c1-3-17-11-7-15-9-13-19-5-2-6-20-14-10-16-8-12-18(4-1)22(17)21(15,16)23(19)20/h1-16H/q+2. The predicted molar refractivity (Wildman–Crippen MR) is 89.8 cm³/mol. The Balaban J connectivity index is 1.86. The number of pyridine rings is 2. The molecule has 6 rings (SSSR count). The van der Waals surface area contributed by atoms with Gasteiger partial charge in [-0.2, -0.15) is 0 Å². The quantitative estimate of drug-likeness (QED) is 0.661. The first-order valence-electron chi connectivity index (χ1n) is 8.23. The summed E-state index contributed by atoms with van der Waals surface area (Å²) in [5.74, 6) is 0.722. The van der Waals surface area contributed by atoms with Gasteiger partial charge in [-0.05, 0) is 12.1 Å². The lowest BCUT2D eigenvalue weighted by atomic mass is 9.72. The van der Waals surface area contributed by atoms with Gasteiger partial charge in [0.25, 0.3) is 0 Å². The third-order valence-electron chi connectivity index (χ3n) is 5.70. The van der Waals surface area contributed by atoms with Crippen LogP contribution in [0.1, 0.15) is 22.8 Å². The summed E-state index contributed by atoms with van der Waals surface area (Å²) >= 11 is 0. The van der Waals surface area contributed by atoms with Crippen LogP contribution in [0, 0.1) is 11.8 Å². The zero-order valence-corrected chi connectivity index (χ0v) is 12.6. The molecule has 108 valence electrons. The molecule has 0 amide bonds. The van der Waals surface area contributed by atoms with Gasteiger partial charge in [-0.15, -0.1) is 9.13 Å². The first-order valence-corrected chi connectivity index (χ1v) is 8.23. The van der Waals surface area contributed by atoms with Crippen LogP contribution in [0.5, 0.6) is 0 Å². The molecule has 0 unspecified atom stereocenters. The normalized spacial score (nSPS) is 30.1. The first kappa shape index (κ1) is 11.8. The second-order valence-corrected chi connectivity index (χ2v) is 6.69. The Bertz CT molecular complexity index is 845. The first-order chi connectivity index (χ1) is 11.4. The van der Waals surface area contributed by atoms with Crippen LogP contribution in [-0.4, -0.2) is 0 Å². The van der Waals surface area contributed by atoms with Crippen molar-refractivity contribution in [3.8, 4) is 0 Å². The minimum Gasteiger partial charge on any atom is -0.126 e. The molecular weight excluding hydrogens is 280 g/mol. The van der Waals surface area contributed by atoms with Crippen molar-refractivity contribution in [3.05, 3.63) is 83.5 Å². The van der Waals surface area contributed by atoms with Crippen LogP contribution in [0.15, 0.2) is 60.7 Å². The topological polar surface area (TPSA) is 7.76 Å². The number of hydrogen-bond donors (Lipinski definition) is 0. The number of nitrogens with zero attached hydrogens (tertiary/aromatic N) is 2. The van der Waals surface area contributed by atoms with E-state index in [-0.39, 0.29) is 5.66 Å². The highest BCUT2D eigenvalue weighted by atomic mass is 15.3. The highest BCUT2D eigenvalue weighted by Gasteiger charge is 2.67. The molecule has 0 radical (unpaired) electrons. The van der Waals surface area contributed by atoms with E-state index in [9.17, 15) is 0 Å². The van der Waals surface area contributed by atoms with Crippen molar-refractivity contribution in [1.29, 1.82) is 0 Å². The van der Waals surface area contributed by atoms with E-state index in [4.69, 9.17) is 0 Å². The van der Waals surface area contributed by atoms with Crippen molar-refractivity contribution in [2.75, 3.05) is 0 Å². The highest BCUT2D eigenvalue weighted by molar-refractivity contribution is 5.57. The third-order valence-corrected chi connectivity index (χ3v) is 5.70. The van der Waals surface area contributed by atoms with Gasteiger partial charge in [0, 0.05) is 48.6 Å². The molecule has 2 aromatic heterocycles. The summed E-state index contributed by atoms with van der Waals surface area (Å²) in [5.41, 5.74) is 5.02. The zero-order valence-electron chi connectivity index (χ0n) is 12.6. The van der Waals surface area contributed by atoms with Crippen molar-refractivity contribution >= 4 is 24.3 Å². The fourth-order valence-electron chi connectivity index (χ4n) is 4.86. The van der Waals surface area contributed by atoms with Crippen LogP contribution in [-0.2, 0) is 5.66 Å². The van der Waals surface area contributed by atoms with Crippen LogP contribution < -0.4 is 9.13 Å². The Labute approximate surface area is 135 Å². The van der Waals surface area contributed by atoms with E-state index in [0.717, 1.165) is 0 Å². The van der Waals surface area contributed by atoms with E-state index in [1.54, 1.807) is 0 Å². The van der Waals surface area contributed by atoms with Crippen LogP contribution in [0.3, 0.4) is 0 Å². The maximum Gasteiger partial charge on any atom is 0.382 e. The van der Waals surface area contributed by atoms with Crippen molar-refractivity contribution < 1.29 is 9.13 Å². The molecule has 2 aromatic rings. The molecule has 23 heavy (non-hydrogen) atoms. The Morgan fingerprint density at radius 1 is 0.565 bits per heavy atom. The van der Waals surface area contributed by atoms with E-state index in [1.807, 2.05) is 0 Å². The largest absolute Gasteiger partial charge is 0.382 e. The molecule has 4 aliphatic heterocycles. The van der Waals surface area contributed by atoms with Gasteiger partial charge in [-0.3, -0.25) is 0 Å². The monoisotopic (exact) mass is 296 g/mol. The summed E-state index contributed by atoms with van der Waals surface area (Å²) in [6.07, 6.45) is 18.6. The third kappa shape index (κ3) is 1.20. The SMILES string of the molecule is C1=CC2C=Cc3cccc4[n+]3C23C(C=Cc2cccc1[n+]23)C=C4. The maximum atomic E-state index is 2.54. The summed E-state index contributed by atoms with van der Waals surface area (Å²) in [6, 6.07) is 13.2. The van der Waals surface area contributed by atoms with Crippen molar-refractivity contribution in [1.82, 2.24) is 0 Å². The van der Waals surface area contributed by atoms with Crippen LogP contribution in [0.2, 0.25) is 0 Å². The van der Waals surface area contributed by atoms with Gasteiger partial charge >= 0.3 is 5.66 Å². The average Bonchev–Trinajstić information content (AvgIpc) is 2.61. The number of aromatic nitrogens is 2. The Kier molecular flexibility index (Phi) is 1.93. The molecule has 0 fully saturated rings. The minimum atomic E-state index is -0.120. The fraction of sp³-hybridized carbons (Fsp3) is 0.143. The molecule has 0 aliphatic carbocycles. The summed E-state index contributed by atoms with van der Waals surface area (Å²) in [6.45, 7) is 0. The van der Waals surface area contributed by atoms with Gasteiger partial charge in [0.15, 0.2) is 0 Å².